The van der Waals surface area contributed by atoms with Crippen molar-refractivity contribution in [2.45, 2.75) is 13.5 Å². The van der Waals surface area contributed by atoms with E-state index in [2.05, 4.69) is 16.4 Å². The topological polar surface area (TPSA) is 54.5 Å². The Kier molecular flexibility index (Phi) is 2.46. The minimum absolute atomic E-state index is 0.225. The first-order valence-corrected chi connectivity index (χ1v) is 4.64. The van der Waals surface area contributed by atoms with E-state index in [0.29, 0.717) is 0 Å². The van der Waals surface area contributed by atoms with Gasteiger partial charge in [-0.15, -0.1) is 5.10 Å². The van der Waals surface area contributed by atoms with Gasteiger partial charge in [0.25, 0.3) is 0 Å². The summed E-state index contributed by atoms with van der Waals surface area (Å²) in [6.45, 7) is 2.26. The summed E-state index contributed by atoms with van der Waals surface area (Å²) in [6.07, 6.45) is 1.67. The van der Waals surface area contributed by atoms with E-state index in [1.54, 1.807) is 10.9 Å². The molecule has 0 N–H and O–H groups in total. The summed E-state index contributed by atoms with van der Waals surface area (Å²) < 4.78 is 1.59. The fourth-order valence-corrected chi connectivity index (χ4v) is 1.39. The molecule has 0 atom stereocenters. The molecule has 0 aliphatic carbocycles. The van der Waals surface area contributed by atoms with Gasteiger partial charge in [0.1, 0.15) is 6.54 Å². The van der Waals surface area contributed by atoms with Crippen molar-refractivity contribution in [3.63, 3.8) is 0 Å². The highest BCUT2D eigenvalue weighted by atomic mass is 15.4. The molecule has 4 nitrogen and oxygen atoms in total. The molecule has 0 aliphatic heterocycles. The van der Waals surface area contributed by atoms with Gasteiger partial charge >= 0.3 is 0 Å². The van der Waals surface area contributed by atoms with Crippen LogP contribution in [0.4, 0.5) is 0 Å². The summed E-state index contributed by atoms with van der Waals surface area (Å²) in [4.78, 5) is 0. The molecule has 0 amide bonds. The Bertz CT molecular complexity index is 490. The normalized spacial score (nSPS) is 9.87. The van der Waals surface area contributed by atoms with E-state index in [-0.39, 0.29) is 6.54 Å². The molecule has 1 aromatic heterocycles. The van der Waals surface area contributed by atoms with Gasteiger partial charge < -0.3 is 0 Å². The maximum Gasteiger partial charge on any atom is 0.130 e. The van der Waals surface area contributed by atoms with Crippen LogP contribution in [0.5, 0.6) is 0 Å². The lowest BCUT2D eigenvalue weighted by atomic mass is 10.1. The third-order valence-corrected chi connectivity index (χ3v) is 2.19. The summed E-state index contributed by atoms with van der Waals surface area (Å²) in [5.41, 5.74) is 3.11. The van der Waals surface area contributed by atoms with Crippen LogP contribution in [0.25, 0.3) is 11.3 Å². The van der Waals surface area contributed by atoms with Crippen molar-refractivity contribution in [3.05, 3.63) is 36.0 Å². The van der Waals surface area contributed by atoms with Gasteiger partial charge in [-0.3, -0.25) is 0 Å². The van der Waals surface area contributed by atoms with Gasteiger partial charge in [0, 0.05) is 5.56 Å². The zero-order valence-electron chi connectivity index (χ0n) is 8.38. The zero-order valence-corrected chi connectivity index (χ0v) is 8.38. The van der Waals surface area contributed by atoms with E-state index in [9.17, 15) is 0 Å². The molecule has 0 radical (unpaired) electrons. The predicted molar refractivity (Wildman–Crippen MR) is 55.8 cm³/mol. The van der Waals surface area contributed by atoms with Gasteiger partial charge in [-0.1, -0.05) is 35.0 Å². The van der Waals surface area contributed by atoms with E-state index in [4.69, 9.17) is 5.26 Å². The highest BCUT2D eigenvalue weighted by Gasteiger charge is 2.05. The number of aryl methyl sites for hydroxylation is 1. The van der Waals surface area contributed by atoms with Crippen molar-refractivity contribution in [2.24, 2.45) is 0 Å². The van der Waals surface area contributed by atoms with Crippen LogP contribution in [-0.4, -0.2) is 15.0 Å². The Labute approximate surface area is 87.8 Å². The molecule has 2 aromatic rings. The molecule has 2 rings (SSSR count). The Balaban J connectivity index is 2.41. The van der Waals surface area contributed by atoms with Crippen molar-refractivity contribution >= 4 is 0 Å². The second kappa shape index (κ2) is 3.93. The molecular weight excluding hydrogens is 188 g/mol. The molecule has 74 valence electrons. The van der Waals surface area contributed by atoms with Crippen LogP contribution in [0, 0.1) is 18.3 Å². The molecule has 4 heteroatoms. The van der Waals surface area contributed by atoms with Gasteiger partial charge in [-0.2, -0.15) is 5.26 Å². The highest BCUT2D eigenvalue weighted by Crippen LogP contribution is 2.17. The first-order chi connectivity index (χ1) is 7.31. The fourth-order valence-electron chi connectivity index (χ4n) is 1.39. The number of aromatic nitrogens is 3. The molecular formula is C11H10N4. The Morgan fingerprint density at radius 2 is 2.07 bits per heavy atom. The maximum atomic E-state index is 8.61. The van der Waals surface area contributed by atoms with Crippen molar-refractivity contribution < 1.29 is 0 Å². The molecule has 1 heterocycles. The summed E-state index contributed by atoms with van der Waals surface area (Å²) >= 11 is 0. The number of hydrogen-bond donors (Lipinski definition) is 0. The SMILES string of the molecule is Cc1ccc(-c2cnnn2CC#N)cc1. The van der Waals surface area contributed by atoms with Crippen molar-refractivity contribution in [1.82, 2.24) is 15.0 Å². The molecule has 0 saturated carbocycles. The first kappa shape index (κ1) is 9.41. The molecule has 0 fully saturated rings. The summed E-state index contributed by atoms with van der Waals surface area (Å²) in [5, 5.41) is 16.3. The van der Waals surface area contributed by atoms with Gasteiger partial charge in [-0.25, -0.2) is 4.68 Å². The average molecular weight is 198 g/mol. The third-order valence-electron chi connectivity index (χ3n) is 2.19. The number of nitriles is 1. The quantitative estimate of drug-likeness (QED) is 0.739. The van der Waals surface area contributed by atoms with Crippen LogP contribution in [-0.2, 0) is 6.54 Å². The monoisotopic (exact) mass is 198 g/mol. The summed E-state index contributed by atoms with van der Waals surface area (Å²) in [7, 11) is 0. The largest absolute Gasteiger partial charge is 0.231 e. The van der Waals surface area contributed by atoms with E-state index in [1.165, 1.54) is 5.56 Å². The lowest BCUT2D eigenvalue weighted by Crippen LogP contribution is -2.00. The molecule has 0 saturated heterocycles. The lowest BCUT2D eigenvalue weighted by Gasteiger charge is -2.02. The number of nitrogens with zero attached hydrogens (tertiary/aromatic N) is 4. The molecule has 0 unspecified atom stereocenters. The minimum Gasteiger partial charge on any atom is -0.231 e. The second-order valence-corrected chi connectivity index (χ2v) is 3.30. The molecule has 15 heavy (non-hydrogen) atoms. The van der Waals surface area contributed by atoms with Crippen LogP contribution in [0.3, 0.4) is 0 Å². The van der Waals surface area contributed by atoms with Crippen molar-refractivity contribution in [1.29, 1.82) is 5.26 Å². The highest BCUT2D eigenvalue weighted by molar-refractivity contribution is 5.58. The predicted octanol–water partition coefficient (Wildman–Crippen LogP) is 1.78. The molecule has 0 spiro atoms. The smallest absolute Gasteiger partial charge is 0.130 e. The van der Waals surface area contributed by atoms with Crippen LogP contribution in [0.2, 0.25) is 0 Å². The minimum atomic E-state index is 0.225. The zero-order chi connectivity index (χ0) is 10.7. The van der Waals surface area contributed by atoms with Gasteiger partial charge in [0.05, 0.1) is 18.0 Å². The number of benzene rings is 1. The fraction of sp³-hybridized carbons (Fsp3) is 0.182. The van der Waals surface area contributed by atoms with Crippen LogP contribution in [0.15, 0.2) is 30.5 Å². The van der Waals surface area contributed by atoms with Crippen LogP contribution in [0.1, 0.15) is 5.56 Å². The summed E-state index contributed by atoms with van der Waals surface area (Å²) in [6, 6.07) is 10.1. The molecule has 0 aliphatic rings. The van der Waals surface area contributed by atoms with Gasteiger partial charge in [0.15, 0.2) is 0 Å². The molecule has 0 bridgehead atoms. The standard InChI is InChI=1S/C11H10N4/c1-9-2-4-10(5-3-9)11-8-13-14-15(11)7-6-12/h2-5,8H,7H2,1H3. The van der Waals surface area contributed by atoms with Crippen LogP contribution < -0.4 is 0 Å². The Morgan fingerprint density at radius 1 is 1.33 bits per heavy atom. The van der Waals surface area contributed by atoms with E-state index in [1.807, 2.05) is 31.2 Å². The van der Waals surface area contributed by atoms with Crippen molar-refractivity contribution in [3.8, 4) is 17.3 Å². The lowest BCUT2D eigenvalue weighted by molar-refractivity contribution is 0.674. The first-order valence-electron chi connectivity index (χ1n) is 4.64. The maximum absolute atomic E-state index is 8.61. The van der Waals surface area contributed by atoms with Crippen LogP contribution >= 0.6 is 0 Å². The van der Waals surface area contributed by atoms with E-state index >= 15 is 0 Å². The van der Waals surface area contributed by atoms with E-state index < -0.39 is 0 Å². The Morgan fingerprint density at radius 3 is 2.73 bits per heavy atom. The third kappa shape index (κ3) is 1.86. The number of hydrogen-bond acceptors (Lipinski definition) is 3. The summed E-state index contributed by atoms with van der Waals surface area (Å²) in [5.74, 6) is 0. The second-order valence-electron chi connectivity index (χ2n) is 3.30. The molecule has 1 aromatic carbocycles. The van der Waals surface area contributed by atoms with Gasteiger partial charge in [-0.05, 0) is 6.92 Å². The van der Waals surface area contributed by atoms with Gasteiger partial charge in [0.2, 0.25) is 0 Å². The number of rotatable bonds is 2. The van der Waals surface area contributed by atoms with E-state index in [0.717, 1.165) is 11.3 Å². The average Bonchev–Trinajstić information content (AvgIpc) is 2.68. The Hall–Kier alpha value is -2.15. The van der Waals surface area contributed by atoms with Crippen molar-refractivity contribution in [2.75, 3.05) is 0 Å².